The summed E-state index contributed by atoms with van der Waals surface area (Å²) in [4.78, 5) is 29.9. The first-order valence-corrected chi connectivity index (χ1v) is 13.5. The van der Waals surface area contributed by atoms with E-state index in [1.807, 2.05) is 29.4 Å². The van der Waals surface area contributed by atoms with Crippen molar-refractivity contribution in [1.82, 2.24) is 14.4 Å². The first kappa shape index (κ1) is 22.5. The molecule has 31 heavy (non-hydrogen) atoms. The van der Waals surface area contributed by atoms with Gasteiger partial charge < -0.3 is 9.47 Å². The zero-order valence-electron chi connectivity index (χ0n) is 18.8. The van der Waals surface area contributed by atoms with E-state index in [9.17, 15) is 18.0 Å². The molecule has 1 aromatic heterocycles. The molecule has 3 aliphatic rings. The maximum atomic E-state index is 13.1. The van der Waals surface area contributed by atoms with Gasteiger partial charge in [-0.05, 0) is 39.2 Å². The zero-order valence-corrected chi connectivity index (χ0v) is 19.6. The van der Waals surface area contributed by atoms with Crippen molar-refractivity contribution in [3.8, 4) is 0 Å². The fourth-order valence-electron chi connectivity index (χ4n) is 5.62. The predicted molar refractivity (Wildman–Crippen MR) is 120 cm³/mol. The molecule has 3 heterocycles. The highest BCUT2D eigenvalue weighted by Crippen LogP contribution is 2.29. The number of hydrogen-bond acceptors (Lipinski definition) is 5. The molecular formula is C23H35N3O4S. The minimum absolute atomic E-state index is 0.0686. The Morgan fingerprint density at radius 1 is 1.00 bits per heavy atom. The number of hydrogen-bond donors (Lipinski definition) is 0. The minimum atomic E-state index is -2.98. The number of piperazine rings is 1. The third-order valence-electron chi connectivity index (χ3n) is 7.36. The summed E-state index contributed by atoms with van der Waals surface area (Å²) in [6.45, 7) is 7.06. The van der Waals surface area contributed by atoms with Crippen LogP contribution in [-0.2, 0) is 14.6 Å². The van der Waals surface area contributed by atoms with Crippen molar-refractivity contribution in [2.75, 3.05) is 44.2 Å². The third-order valence-corrected chi connectivity index (χ3v) is 9.11. The Labute approximate surface area is 185 Å². The quantitative estimate of drug-likeness (QED) is 0.645. The second kappa shape index (κ2) is 9.06. The largest absolute Gasteiger partial charge is 0.344 e. The standard InChI is InChI=1S/C23H35N3O4S/c1-17-14-21(18(2)26(17)20-8-13-31(29,30)16-20)22(27)15-24-9-11-25(12-10-24)23(28)19-6-4-3-5-7-19/h14,19-20H,3-13,15-16H2,1-2H3. The fourth-order valence-corrected chi connectivity index (χ4v) is 7.32. The van der Waals surface area contributed by atoms with Crippen LogP contribution in [0.15, 0.2) is 6.07 Å². The molecule has 2 saturated heterocycles. The molecule has 7 nitrogen and oxygen atoms in total. The minimum Gasteiger partial charge on any atom is -0.344 e. The van der Waals surface area contributed by atoms with Gasteiger partial charge in [0.05, 0.1) is 18.1 Å². The molecule has 0 spiro atoms. The molecule has 1 unspecified atom stereocenters. The zero-order chi connectivity index (χ0) is 22.2. The molecule has 2 aliphatic heterocycles. The molecule has 0 radical (unpaired) electrons. The Balaban J connectivity index is 1.34. The van der Waals surface area contributed by atoms with Crippen molar-refractivity contribution in [2.45, 2.75) is 58.4 Å². The number of amides is 1. The van der Waals surface area contributed by atoms with Crippen molar-refractivity contribution in [2.24, 2.45) is 5.92 Å². The Morgan fingerprint density at radius 3 is 2.29 bits per heavy atom. The lowest BCUT2D eigenvalue weighted by Gasteiger charge is -2.36. The summed E-state index contributed by atoms with van der Waals surface area (Å²) in [6.07, 6.45) is 6.23. The van der Waals surface area contributed by atoms with Crippen LogP contribution in [0.3, 0.4) is 0 Å². The van der Waals surface area contributed by atoms with Gasteiger partial charge in [0.2, 0.25) is 5.91 Å². The summed E-state index contributed by atoms with van der Waals surface area (Å²) in [5.41, 5.74) is 2.52. The maximum Gasteiger partial charge on any atom is 0.225 e. The smallest absolute Gasteiger partial charge is 0.225 e. The van der Waals surface area contributed by atoms with Crippen LogP contribution >= 0.6 is 0 Å². The summed E-state index contributed by atoms with van der Waals surface area (Å²) in [5.74, 6) is 0.968. The summed E-state index contributed by atoms with van der Waals surface area (Å²) in [7, 11) is -2.98. The lowest BCUT2D eigenvalue weighted by molar-refractivity contribution is -0.138. The average Bonchev–Trinajstić information content (AvgIpc) is 3.26. The molecule has 1 aromatic rings. The monoisotopic (exact) mass is 449 g/mol. The van der Waals surface area contributed by atoms with Crippen LogP contribution in [0.4, 0.5) is 0 Å². The van der Waals surface area contributed by atoms with E-state index in [2.05, 4.69) is 4.90 Å². The number of sulfone groups is 1. The van der Waals surface area contributed by atoms with E-state index in [4.69, 9.17) is 0 Å². The molecule has 4 rings (SSSR count). The van der Waals surface area contributed by atoms with Gasteiger partial charge in [0.25, 0.3) is 0 Å². The van der Waals surface area contributed by atoms with Crippen molar-refractivity contribution < 1.29 is 18.0 Å². The van der Waals surface area contributed by atoms with Gasteiger partial charge in [0.1, 0.15) is 0 Å². The second-order valence-corrected chi connectivity index (χ2v) is 11.8. The van der Waals surface area contributed by atoms with Gasteiger partial charge in [0, 0.05) is 55.1 Å². The Bertz CT molecular complexity index is 938. The summed E-state index contributed by atoms with van der Waals surface area (Å²) in [6, 6.07) is 1.84. The first-order valence-electron chi connectivity index (χ1n) is 11.7. The van der Waals surface area contributed by atoms with Gasteiger partial charge in [-0.2, -0.15) is 0 Å². The molecule has 0 bridgehead atoms. The molecular weight excluding hydrogens is 414 g/mol. The topological polar surface area (TPSA) is 79.7 Å². The van der Waals surface area contributed by atoms with Crippen LogP contribution in [0.5, 0.6) is 0 Å². The van der Waals surface area contributed by atoms with E-state index < -0.39 is 9.84 Å². The summed E-state index contributed by atoms with van der Waals surface area (Å²) >= 11 is 0. The predicted octanol–water partition coefficient (Wildman–Crippen LogP) is 2.37. The molecule has 8 heteroatoms. The van der Waals surface area contributed by atoms with Gasteiger partial charge in [-0.3, -0.25) is 14.5 Å². The fraction of sp³-hybridized carbons (Fsp3) is 0.739. The highest BCUT2D eigenvalue weighted by atomic mass is 32.2. The van der Waals surface area contributed by atoms with E-state index in [0.29, 0.717) is 37.5 Å². The molecule has 1 aliphatic carbocycles. The van der Waals surface area contributed by atoms with Crippen LogP contribution in [0.2, 0.25) is 0 Å². The van der Waals surface area contributed by atoms with E-state index in [1.54, 1.807) is 0 Å². The van der Waals surface area contributed by atoms with E-state index in [-0.39, 0.29) is 29.2 Å². The van der Waals surface area contributed by atoms with Crippen LogP contribution in [0, 0.1) is 19.8 Å². The maximum absolute atomic E-state index is 13.1. The third kappa shape index (κ3) is 4.90. The highest BCUT2D eigenvalue weighted by molar-refractivity contribution is 7.91. The number of aryl methyl sites for hydroxylation is 1. The van der Waals surface area contributed by atoms with Crippen molar-refractivity contribution in [3.05, 3.63) is 23.0 Å². The van der Waals surface area contributed by atoms with Crippen molar-refractivity contribution >= 4 is 21.5 Å². The van der Waals surface area contributed by atoms with E-state index >= 15 is 0 Å². The number of ketones is 1. The molecule has 0 N–H and O–H groups in total. The SMILES string of the molecule is Cc1cc(C(=O)CN2CCN(C(=O)C3CCCCC3)CC2)c(C)n1C1CCS(=O)(=O)C1. The number of carbonyl (C=O) groups is 2. The van der Waals surface area contributed by atoms with E-state index in [1.165, 1.54) is 6.42 Å². The van der Waals surface area contributed by atoms with Gasteiger partial charge in [-0.25, -0.2) is 8.42 Å². The number of Topliss-reactive ketones (excluding diaryl/α,β-unsaturated/α-hetero) is 1. The van der Waals surface area contributed by atoms with Crippen LogP contribution in [-0.4, -0.2) is 78.7 Å². The normalized spacial score (nSPS) is 25.1. The molecule has 172 valence electrons. The van der Waals surface area contributed by atoms with Crippen LogP contribution < -0.4 is 0 Å². The van der Waals surface area contributed by atoms with Gasteiger partial charge in [-0.1, -0.05) is 19.3 Å². The number of carbonyl (C=O) groups excluding carboxylic acids is 2. The Morgan fingerprint density at radius 2 is 1.68 bits per heavy atom. The number of nitrogens with zero attached hydrogens (tertiary/aromatic N) is 3. The number of aromatic nitrogens is 1. The van der Waals surface area contributed by atoms with Crippen molar-refractivity contribution in [3.63, 3.8) is 0 Å². The first-order chi connectivity index (χ1) is 14.7. The lowest BCUT2D eigenvalue weighted by atomic mass is 9.88. The molecule has 0 aromatic carbocycles. The summed E-state index contributed by atoms with van der Waals surface area (Å²) < 4.78 is 25.8. The molecule has 1 amide bonds. The van der Waals surface area contributed by atoms with Crippen LogP contribution in [0.25, 0.3) is 0 Å². The highest BCUT2D eigenvalue weighted by Gasteiger charge is 2.32. The molecule has 1 atom stereocenters. The lowest BCUT2D eigenvalue weighted by Crippen LogP contribution is -2.51. The van der Waals surface area contributed by atoms with E-state index in [0.717, 1.165) is 50.2 Å². The second-order valence-electron chi connectivity index (χ2n) is 9.57. The van der Waals surface area contributed by atoms with Gasteiger partial charge in [-0.15, -0.1) is 0 Å². The van der Waals surface area contributed by atoms with Crippen LogP contribution in [0.1, 0.15) is 66.3 Å². The summed E-state index contributed by atoms with van der Waals surface area (Å²) in [5, 5.41) is 0. The van der Waals surface area contributed by atoms with Gasteiger partial charge in [0.15, 0.2) is 15.6 Å². The average molecular weight is 450 g/mol. The Kier molecular flexibility index (Phi) is 6.58. The Hall–Kier alpha value is -1.67. The molecule has 1 saturated carbocycles. The van der Waals surface area contributed by atoms with Crippen molar-refractivity contribution in [1.29, 1.82) is 0 Å². The molecule has 3 fully saturated rings. The number of rotatable bonds is 5. The van der Waals surface area contributed by atoms with Gasteiger partial charge >= 0.3 is 0 Å².